The van der Waals surface area contributed by atoms with Gasteiger partial charge in [-0.15, -0.1) is 11.3 Å². The SMILES string of the molecule is COc1ccc(NC(=O)c2csc(NC(=O)Nc3ccc(Cl)cc3)n2)cc1OC. The van der Waals surface area contributed by atoms with Gasteiger partial charge in [0.15, 0.2) is 16.6 Å². The summed E-state index contributed by atoms with van der Waals surface area (Å²) >= 11 is 6.95. The van der Waals surface area contributed by atoms with E-state index in [0.717, 1.165) is 11.3 Å². The Morgan fingerprint density at radius 1 is 0.931 bits per heavy atom. The number of carbonyl (C=O) groups is 2. The van der Waals surface area contributed by atoms with Crippen molar-refractivity contribution in [3.8, 4) is 11.5 Å². The van der Waals surface area contributed by atoms with Gasteiger partial charge in [0.1, 0.15) is 5.69 Å². The molecule has 150 valence electrons. The van der Waals surface area contributed by atoms with Crippen LogP contribution in [0.15, 0.2) is 47.8 Å². The lowest BCUT2D eigenvalue weighted by atomic mass is 10.2. The fourth-order valence-corrected chi connectivity index (χ4v) is 3.15. The monoisotopic (exact) mass is 432 g/mol. The Bertz CT molecular complexity index is 1020. The molecule has 0 aliphatic carbocycles. The number of carbonyl (C=O) groups excluding carboxylic acids is 2. The Labute approximate surface area is 175 Å². The number of rotatable bonds is 6. The number of anilines is 3. The van der Waals surface area contributed by atoms with Crippen molar-refractivity contribution in [3.63, 3.8) is 0 Å². The van der Waals surface area contributed by atoms with Crippen LogP contribution in [0.4, 0.5) is 21.3 Å². The van der Waals surface area contributed by atoms with Crippen LogP contribution in [0.1, 0.15) is 10.5 Å². The lowest BCUT2D eigenvalue weighted by Gasteiger charge is -2.10. The standard InChI is InChI=1S/C19H17ClN4O4S/c1-27-15-8-7-13(9-16(15)28-2)21-17(25)14-10-29-19(23-14)24-18(26)22-12-5-3-11(20)4-6-12/h3-10H,1-2H3,(H,21,25)(H2,22,23,24,26). The van der Waals surface area contributed by atoms with Crippen molar-refractivity contribution in [2.75, 3.05) is 30.2 Å². The zero-order chi connectivity index (χ0) is 20.8. The minimum atomic E-state index is -0.478. The van der Waals surface area contributed by atoms with Crippen LogP contribution in [0, 0.1) is 0 Å². The molecule has 0 atom stereocenters. The number of nitrogens with zero attached hydrogens (tertiary/aromatic N) is 1. The predicted molar refractivity (Wildman–Crippen MR) is 114 cm³/mol. The first-order valence-electron chi connectivity index (χ1n) is 8.31. The second-order valence-corrected chi connectivity index (χ2v) is 6.94. The quantitative estimate of drug-likeness (QED) is 0.523. The average molecular weight is 433 g/mol. The van der Waals surface area contributed by atoms with Gasteiger partial charge in [-0.05, 0) is 36.4 Å². The smallest absolute Gasteiger partial charge is 0.325 e. The molecule has 0 fully saturated rings. The summed E-state index contributed by atoms with van der Waals surface area (Å²) in [5.41, 5.74) is 1.28. The van der Waals surface area contributed by atoms with E-state index in [1.807, 2.05) is 0 Å². The molecule has 0 spiro atoms. The van der Waals surface area contributed by atoms with Crippen LogP contribution in [-0.2, 0) is 0 Å². The number of halogens is 1. The molecule has 0 saturated carbocycles. The van der Waals surface area contributed by atoms with E-state index in [1.54, 1.807) is 47.8 Å². The van der Waals surface area contributed by atoms with Crippen LogP contribution < -0.4 is 25.4 Å². The van der Waals surface area contributed by atoms with Crippen molar-refractivity contribution < 1.29 is 19.1 Å². The second-order valence-electron chi connectivity index (χ2n) is 5.65. The number of aromatic nitrogens is 1. The van der Waals surface area contributed by atoms with E-state index >= 15 is 0 Å². The van der Waals surface area contributed by atoms with Gasteiger partial charge >= 0.3 is 6.03 Å². The zero-order valence-electron chi connectivity index (χ0n) is 15.5. The summed E-state index contributed by atoms with van der Waals surface area (Å²) < 4.78 is 10.4. The Kier molecular flexibility index (Phi) is 6.53. The molecule has 1 aromatic heterocycles. The number of hydrogen-bond acceptors (Lipinski definition) is 6. The highest BCUT2D eigenvalue weighted by atomic mass is 35.5. The lowest BCUT2D eigenvalue weighted by molar-refractivity contribution is 0.102. The van der Waals surface area contributed by atoms with Crippen LogP contribution in [0.3, 0.4) is 0 Å². The van der Waals surface area contributed by atoms with E-state index in [0.29, 0.717) is 27.9 Å². The summed E-state index contributed by atoms with van der Waals surface area (Å²) in [4.78, 5) is 28.6. The maximum absolute atomic E-state index is 12.4. The summed E-state index contributed by atoms with van der Waals surface area (Å²) in [7, 11) is 3.04. The second kappa shape index (κ2) is 9.26. The summed E-state index contributed by atoms with van der Waals surface area (Å²) in [5.74, 6) is 0.627. The summed E-state index contributed by atoms with van der Waals surface area (Å²) in [5, 5.41) is 10.4. The summed E-state index contributed by atoms with van der Waals surface area (Å²) in [6, 6.07) is 11.2. The van der Waals surface area contributed by atoms with Crippen molar-refractivity contribution in [1.82, 2.24) is 4.98 Å². The molecule has 0 saturated heterocycles. The molecular weight excluding hydrogens is 416 g/mol. The molecule has 1 heterocycles. The molecule has 2 aromatic carbocycles. The molecule has 0 aliphatic heterocycles. The van der Waals surface area contributed by atoms with E-state index in [9.17, 15) is 9.59 Å². The largest absolute Gasteiger partial charge is 0.493 e. The first kappa shape index (κ1) is 20.4. The topological polar surface area (TPSA) is 102 Å². The molecule has 0 bridgehead atoms. The van der Waals surface area contributed by atoms with Crippen LogP contribution in [0.2, 0.25) is 5.02 Å². The Morgan fingerprint density at radius 3 is 2.31 bits per heavy atom. The molecule has 29 heavy (non-hydrogen) atoms. The van der Waals surface area contributed by atoms with E-state index in [2.05, 4.69) is 20.9 Å². The first-order chi connectivity index (χ1) is 14.0. The lowest BCUT2D eigenvalue weighted by Crippen LogP contribution is -2.19. The Hall–Kier alpha value is -3.30. The minimum Gasteiger partial charge on any atom is -0.493 e. The number of amides is 3. The van der Waals surface area contributed by atoms with Gasteiger partial charge in [0.2, 0.25) is 0 Å². The molecule has 3 aromatic rings. The van der Waals surface area contributed by atoms with Gasteiger partial charge in [0, 0.05) is 27.8 Å². The highest BCUT2D eigenvalue weighted by molar-refractivity contribution is 7.14. The number of benzene rings is 2. The molecule has 3 N–H and O–H groups in total. The van der Waals surface area contributed by atoms with Crippen molar-refractivity contribution in [2.45, 2.75) is 0 Å². The minimum absolute atomic E-state index is 0.173. The van der Waals surface area contributed by atoms with Crippen molar-refractivity contribution >= 4 is 51.4 Å². The van der Waals surface area contributed by atoms with Gasteiger partial charge < -0.3 is 20.1 Å². The van der Waals surface area contributed by atoms with Crippen LogP contribution in [0.5, 0.6) is 11.5 Å². The molecule has 3 rings (SSSR count). The Morgan fingerprint density at radius 2 is 1.62 bits per heavy atom. The maximum atomic E-state index is 12.4. The van der Waals surface area contributed by atoms with Gasteiger partial charge in [-0.2, -0.15) is 0 Å². The predicted octanol–water partition coefficient (Wildman–Crippen LogP) is 4.71. The molecule has 0 radical (unpaired) electrons. The summed E-state index contributed by atoms with van der Waals surface area (Å²) in [6.45, 7) is 0. The fourth-order valence-electron chi connectivity index (χ4n) is 2.34. The third-order valence-corrected chi connectivity index (χ3v) is 4.71. The van der Waals surface area contributed by atoms with Crippen molar-refractivity contribution in [1.29, 1.82) is 0 Å². The molecule has 3 amide bonds. The Balaban J connectivity index is 1.61. The van der Waals surface area contributed by atoms with E-state index in [-0.39, 0.29) is 10.8 Å². The van der Waals surface area contributed by atoms with Gasteiger partial charge in [0.05, 0.1) is 14.2 Å². The third kappa shape index (κ3) is 5.37. The molecule has 0 unspecified atom stereocenters. The van der Waals surface area contributed by atoms with Gasteiger partial charge in [-0.3, -0.25) is 10.1 Å². The zero-order valence-corrected chi connectivity index (χ0v) is 17.1. The first-order valence-corrected chi connectivity index (χ1v) is 9.56. The molecular formula is C19H17ClN4O4S. The third-order valence-electron chi connectivity index (χ3n) is 3.70. The van der Waals surface area contributed by atoms with Gasteiger partial charge in [-0.25, -0.2) is 9.78 Å². The van der Waals surface area contributed by atoms with Crippen LogP contribution in [-0.4, -0.2) is 31.1 Å². The molecule has 0 aliphatic rings. The average Bonchev–Trinajstić information content (AvgIpc) is 3.18. The highest BCUT2D eigenvalue weighted by Crippen LogP contribution is 2.30. The number of thiazole rings is 1. The maximum Gasteiger partial charge on any atom is 0.325 e. The van der Waals surface area contributed by atoms with Gasteiger partial charge in [0.25, 0.3) is 5.91 Å². The van der Waals surface area contributed by atoms with E-state index < -0.39 is 11.9 Å². The molecule has 8 nitrogen and oxygen atoms in total. The number of methoxy groups -OCH3 is 2. The van der Waals surface area contributed by atoms with Crippen LogP contribution in [0.25, 0.3) is 0 Å². The number of nitrogens with one attached hydrogen (secondary N) is 3. The van der Waals surface area contributed by atoms with E-state index in [4.69, 9.17) is 21.1 Å². The van der Waals surface area contributed by atoms with Crippen molar-refractivity contribution in [3.05, 3.63) is 58.6 Å². The van der Waals surface area contributed by atoms with Crippen LogP contribution >= 0.6 is 22.9 Å². The normalized spacial score (nSPS) is 10.2. The number of hydrogen-bond donors (Lipinski definition) is 3. The van der Waals surface area contributed by atoms with Crippen molar-refractivity contribution in [2.24, 2.45) is 0 Å². The molecule has 10 heteroatoms. The number of ether oxygens (including phenoxy) is 2. The number of urea groups is 1. The van der Waals surface area contributed by atoms with E-state index in [1.165, 1.54) is 14.2 Å². The highest BCUT2D eigenvalue weighted by Gasteiger charge is 2.14. The summed E-state index contributed by atoms with van der Waals surface area (Å²) in [6.07, 6.45) is 0. The van der Waals surface area contributed by atoms with Gasteiger partial charge in [-0.1, -0.05) is 11.6 Å². The fraction of sp³-hybridized carbons (Fsp3) is 0.105.